The van der Waals surface area contributed by atoms with Crippen LogP contribution in [0.2, 0.25) is 0 Å². The zero-order valence-corrected chi connectivity index (χ0v) is 13.5. The van der Waals surface area contributed by atoms with Gasteiger partial charge in [0.15, 0.2) is 5.76 Å². The molecule has 0 unspecified atom stereocenters. The van der Waals surface area contributed by atoms with E-state index < -0.39 is 0 Å². The van der Waals surface area contributed by atoms with Crippen molar-refractivity contribution < 1.29 is 9.21 Å². The Bertz CT molecular complexity index is 924. The predicted octanol–water partition coefficient (Wildman–Crippen LogP) is 2.89. The van der Waals surface area contributed by atoms with Crippen molar-refractivity contribution in [3.63, 3.8) is 0 Å². The first-order valence-corrected chi connectivity index (χ1v) is 7.57. The molecule has 1 aromatic heterocycles. The summed E-state index contributed by atoms with van der Waals surface area (Å²) in [5, 5.41) is 14.7. The van der Waals surface area contributed by atoms with Crippen LogP contribution in [0, 0.1) is 5.41 Å². The average Bonchev–Trinajstić information content (AvgIpc) is 3.04. The zero-order valence-electron chi connectivity index (χ0n) is 13.5. The van der Waals surface area contributed by atoms with Crippen LogP contribution in [0.15, 0.2) is 64.1 Å². The quantitative estimate of drug-likeness (QED) is 0.333. The second-order valence-electron chi connectivity index (χ2n) is 5.40. The fraction of sp³-hybridized carbons (Fsp3) is 0.0556. The van der Waals surface area contributed by atoms with Gasteiger partial charge in [0.1, 0.15) is 5.58 Å². The van der Waals surface area contributed by atoms with Gasteiger partial charge in [-0.05, 0) is 36.8 Å². The molecular formula is C18H17N5O2. The number of hydrogen-bond acceptors (Lipinski definition) is 4. The SMILES string of the molecule is C/C(=N\NC(=N)N)c1ccc(NC(=O)c2cc3ccccc3o2)cc1. The monoisotopic (exact) mass is 335 g/mol. The molecule has 5 N–H and O–H groups in total. The number of benzene rings is 2. The smallest absolute Gasteiger partial charge is 0.291 e. The van der Waals surface area contributed by atoms with Gasteiger partial charge in [0, 0.05) is 11.1 Å². The van der Waals surface area contributed by atoms with E-state index in [2.05, 4.69) is 15.8 Å². The molecular weight excluding hydrogens is 318 g/mol. The van der Waals surface area contributed by atoms with E-state index >= 15 is 0 Å². The van der Waals surface area contributed by atoms with Crippen LogP contribution in [-0.4, -0.2) is 17.6 Å². The number of hydrazone groups is 1. The molecule has 3 aromatic rings. The molecule has 0 saturated carbocycles. The zero-order chi connectivity index (χ0) is 17.8. The first kappa shape index (κ1) is 16.3. The summed E-state index contributed by atoms with van der Waals surface area (Å²) < 4.78 is 5.55. The van der Waals surface area contributed by atoms with Gasteiger partial charge in [0.05, 0.1) is 5.71 Å². The van der Waals surface area contributed by atoms with Crippen molar-refractivity contribution in [3.05, 3.63) is 65.9 Å². The van der Waals surface area contributed by atoms with Crippen LogP contribution in [0.1, 0.15) is 23.0 Å². The van der Waals surface area contributed by atoms with Crippen LogP contribution in [0.5, 0.6) is 0 Å². The molecule has 126 valence electrons. The minimum absolute atomic E-state index is 0.228. The van der Waals surface area contributed by atoms with E-state index in [0.29, 0.717) is 17.0 Å². The number of nitrogens with zero attached hydrogens (tertiary/aromatic N) is 1. The van der Waals surface area contributed by atoms with Crippen molar-refractivity contribution in [2.75, 3.05) is 5.32 Å². The summed E-state index contributed by atoms with van der Waals surface area (Å²) in [7, 11) is 0. The lowest BCUT2D eigenvalue weighted by atomic mass is 10.1. The number of rotatable bonds is 4. The molecule has 0 bridgehead atoms. The first-order chi connectivity index (χ1) is 12.0. The largest absolute Gasteiger partial charge is 0.451 e. The Kier molecular flexibility index (Phi) is 4.47. The van der Waals surface area contributed by atoms with Crippen LogP contribution in [0.3, 0.4) is 0 Å². The fourth-order valence-electron chi connectivity index (χ4n) is 2.29. The van der Waals surface area contributed by atoms with Crippen LogP contribution in [-0.2, 0) is 0 Å². The van der Waals surface area contributed by atoms with Crippen molar-refractivity contribution in [1.29, 1.82) is 5.41 Å². The standard InChI is InChI=1S/C18H17N5O2/c1-11(22-23-18(19)20)12-6-8-14(9-7-12)21-17(24)16-10-13-4-2-3-5-15(13)25-16/h2-10H,1H3,(H,21,24)(H4,19,20,23)/b22-11+. The van der Waals surface area contributed by atoms with E-state index in [1.165, 1.54) is 0 Å². The normalized spacial score (nSPS) is 11.3. The third-order valence-corrected chi connectivity index (χ3v) is 3.55. The second kappa shape index (κ2) is 6.88. The molecule has 7 heteroatoms. The third-order valence-electron chi connectivity index (χ3n) is 3.55. The van der Waals surface area contributed by atoms with Gasteiger partial charge in [-0.1, -0.05) is 30.3 Å². The van der Waals surface area contributed by atoms with E-state index in [1.807, 2.05) is 36.4 Å². The third kappa shape index (κ3) is 3.84. The van der Waals surface area contributed by atoms with E-state index in [0.717, 1.165) is 10.9 Å². The first-order valence-electron chi connectivity index (χ1n) is 7.57. The number of furan rings is 1. The Morgan fingerprint density at radius 3 is 2.56 bits per heavy atom. The molecule has 0 saturated heterocycles. The summed E-state index contributed by atoms with van der Waals surface area (Å²) in [5.74, 6) is -0.282. The Morgan fingerprint density at radius 2 is 1.88 bits per heavy atom. The van der Waals surface area contributed by atoms with Crippen molar-refractivity contribution in [1.82, 2.24) is 5.43 Å². The number of anilines is 1. The fourth-order valence-corrected chi connectivity index (χ4v) is 2.29. The predicted molar refractivity (Wildman–Crippen MR) is 97.9 cm³/mol. The maximum atomic E-state index is 12.3. The molecule has 2 aromatic carbocycles. The van der Waals surface area contributed by atoms with E-state index in [1.54, 1.807) is 25.1 Å². The molecule has 25 heavy (non-hydrogen) atoms. The number of guanidine groups is 1. The molecule has 0 spiro atoms. The average molecular weight is 335 g/mol. The number of hydrogen-bond donors (Lipinski definition) is 4. The van der Waals surface area contributed by atoms with Gasteiger partial charge < -0.3 is 15.5 Å². The molecule has 1 heterocycles. The Balaban J connectivity index is 1.71. The molecule has 0 atom stereocenters. The molecule has 1 amide bonds. The summed E-state index contributed by atoms with van der Waals surface area (Å²) in [6.45, 7) is 1.79. The number of fused-ring (bicyclic) bond motifs is 1. The summed E-state index contributed by atoms with van der Waals surface area (Å²) in [5.41, 5.74) is 10.4. The number of nitrogens with one attached hydrogen (secondary N) is 3. The number of para-hydroxylation sites is 1. The number of amides is 1. The minimum Gasteiger partial charge on any atom is -0.451 e. The van der Waals surface area contributed by atoms with Crippen LogP contribution >= 0.6 is 0 Å². The Labute approximate surface area is 144 Å². The highest BCUT2D eigenvalue weighted by Crippen LogP contribution is 2.20. The molecule has 0 aliphatic carbocycles. The van der Waals surface area contributed by atoms with E-state index in [9.17, 15) is 4.79 Å². The van der Waals surface area contributed by atoms with Crippen molar-refractivity contribution in [3.8, 4) is 0 Å². The maximum absolute atomic E-state index is 12.3. The Morgan fingerprint density at radius 1 is 1.16 bits per heavy atom. The highest BCUT2D eigenvalue weighted by atomic mass is 16.3. The van der Waals surface area contributed by atoms with Gasteiger partial charge >= 0.3 is 0 Å². The van der Waals surface area contributed by atoms with Crippen LogP contribution in [0.25, 0.3) is 11.0 Å². The lowest BCUT2D eigenvalue weighted by Gasteiger charge is -2.05. The summed E-state index contributed by atoms with van der Waals surface area (Å²) in [4.78, 5) is 12.3. The van der Waals surface area contributed by atoms with Gasteiger partial charge in [-0.2, -0.15) is 5.10 Å². The lowest BCUT2D eigenvalue weighted by molar-refractivity contribution is 0.0998. The maximum Gasteiger partial charge on any atom is 0.291 e. The van der Waals surface area contributed by atoms with E-state index in [-0.39, 0.29) is 17.6 Å². The summed E-state index contributed by atoms with van der Waals surface area (Å²) in [6.07, 6.45) is 0. The lowest BCUT2D eigenvalue weighted by Crippen LogP contribution is -2.26. The van der Waals surface area contributed by atoms with Crippen molar-refractivity contribution >= 4 is 34.2 Å². The topological polar surface area (TPSA) is 117 Å². The molecule has 3 rings (SSSR count). The van der Waals surface area contributed by atoms with Crippen LogP contribution in [0.4, 0.5) is 5.69 Å². The number of nitrogens with two attached hydrogens (primary N) is 1. The molecule has 0 fully saturated rings. The number of carbonyl (C=O) groups is 1. The van der Waals surface area contributed by atoms with Gasteiger partial charge in [-0.15, -0.1) is 0 Å². The van der Waals surface area contributed by atoms with Gasteiger partial charge in [0.2, 0.25) is 5.96 Å². The van der Waals surface area contributed by atoms with E-state index in [4.69, 9.17) is 15.6 Å². The van der Waals surface area contributed by atoms with Gasteiger partial charge in [-0.3, -0.25) is 10.2 Å². The highest BCUT2D eigenvalue weighted by molar-refractivity contribution is 6.05. The number of carbonyl (C=O) groups excluding carboxylic acids is 1. The van der Waals surface area contributed by atoms with Gasteiger partial charge in [-0.25, -0.2) is 5.43 Å². The van der Waals surface area contributed by atoms with Gasteiger partial charge in [0.25, 0.3) is 5.91 Å². The molecule has 0 radical (unpaired) electrons. The summed E-state index contributed by atoms with van der Waals surface area (Å²) >= 11 is 0. The van der Waals surface area contributed by atoms with Crippen molar-refractivity contribution in [2.24, 2.45) is 10.8 Å². The second-order valence-corrected chi connectivity index (χ2v) is 5.40. The van der Waals surface area contributed by atoms with Crippen LogP contribution < -0.4 is 16.5 Å². The Hall–Kier alpha value is -3.61. The molecule has 0 aliphatic rings. The minimum atomic E-state index is -0.312. The molecule has 7 nitrogen and oxygen atoms in total. The highest BCUT2D eigenvalue weighted by Gasteiger charge is 2.12. The summed E-state index contributed by atoms with van der Waals surface area (Å²) in [6, 6.07) is 16.3. The van der Waals surface area contributed by atoms with Crippen molar-refractivity contribution in [2.45, 2.75) is 6.92 Å². The molecule has 0 aliphatic heterocycles.